The van der Waals surface area contributed by atoms with E-state index >= 15 is 0 Å². The predicted molar refractivity (Wildman–Crippen MR) is 229 cm³/mol. The predicted octanol–water partition coefficient (Wildman–Crippen LogP) is 11.1. The van der Waals surface area contributed by atoms with Crippen molar-refractivity contribution in [3.8, 4) is 23.0 Å². The summed E-state index contributed by atoms with van der Waals surface area (Å²) in [7, 11) is 0. The fraction of sp³-hybridized carbons (Fsp3) is 0.455. The zero-order valence-corrected chi connectivity index (χ0v) is 35.0. The molecule has 0 atom stereocenters. The van der Waals surface area contributed by atoms with Crippen LogP contribution in [0.4, 0.5) is 11.4 Å². The third-order valence-corrected chi connectivity index (χ3v) is 10.6. The molecule has 316 valence electrons. The first-order valence-electron chi connectivity index (χ1n) is 20.0. The zero-order chi connectivity index (χ0) is 43.8. The van der Waals surface area contributed by atoms with Gasteiger partial charge in [-0.1, -0.05) is 76.0 Å². The highest BCUT2D eigenvalue weighted by atomic mass is 16.6. The van der Waals surface area contributed by atoms with Gasteiger partial charge in [0.25, 0.3) is 11.4 Å². The summed E-state index contributed by atoms with van der Waals surface area (Å²) in [6.07, 6.45) is 2.28. The van der Waals surface area contributed by atoms with Crippen LogP contribution in [0.5, 0.6) is 23.0 Å². The van der Waals surface area contributed by atoms with Gasteiger partial charge in [0.1, 0.15) is 23.0 Å². The van der Waals surface area contributed by atoms with Crippen LogP contribution in [-0.4, -0.2) is 46.4 Å². The van der Waals surface area contributed by atoms with E-state index in [0.717, 1.165) is 11.1 Å². The maximum Gasteiger partial charge on any atom is 0.270 e. The Bertz CT molecular complexity index is 2110. The van der Waals surface area contributed by atoms with E-state index in [-0.39, 0.29) is 74.9 Å². The maximum atomic E-state index is 12.5. The Balaban J connectivity index is 1.83. The summed E-state index contributed by atoms with van der Waals surface area (Å²) in [5, 5.41) is 56.5. The van der Waals surface area contributed by atoms with Crippen LogP contribution in [0.2, 0.25) is 0 Å². The molecule has 0 unspecified atom stereocenters. The minimum Gasteiger partial charge on any atom is -0.507 e. The standard InChI is InChI=1S/C44H52N8O8/c1-43(2,3)35-19-31-15-27-23-37(51(55)56)25-29(39(27)53)17-33-21-36(44(4,5)6)22-34(42(33)60-14-10-8-12-48-50-46)18-30-26-38(52(57)58)24-28(40(30)54)16-32(20-35)41(31)59-13-9-7-11-47-49-45/h19-26,53-54H,7-18H2,1-6H3. The van der Waals surface area contributed by atoms with Gasteiger partial charge < -0.3 is 19.7 Å². The molecule has 4 aromatic carbocycles. The summed E-state index contributed by atoms with van der Waals surface area (Å²) in [6.45, 7) is 13.2. The minimum atomic E-state index is -0.483. The van der Waals surface area contributed by atoms with Crippen LogP contribution in [0.25, 0.3) is 20.9 Å². The monoisotopic (exact) mass is 820 g/mol. The van der Waals surface area contributed by atoms with Crippen LogP contribution in [-0.2, 0) is 36.5 Å². The average molecular weight is 821 g/mol. The Hall–Kier alpha value is -6.50. The van der Waals surface area contributed by atoms with Crippen molar-refractivity contribution in [1.29, 1.82) is 0 Å². The number of ether oxygens (including phenoxy) is 2. The van der Waals surface area contributed by atoms with Crippen molar-refractivity contribution in [3.05, 3.63) is 145 Å². The van der Waals surface area contributed by atoms with Gasteiger partial charge in [0.05, 0.1) is 23.1 Å². The number of azide groups is 2. The molecule has 0 radical (unpaired) electrons. The number of nitro benzene ring substituents is 2. The van der Waals surface area contributed by atoms with Crippen molar-refractivity contribution in [1.82, 2.24) is 0 Å². The number of hydrogen-bond acceptors (Lipinski definition) is 10. The van der Waals surface area contributed by atoms with Crippen molar-refractivity contribution in [2.45, 2.75) is 104 Å². The second kappa shape index (κ2) is 19.0. The molecule has 4 aromatic rings. The first-order valence-corrected chi connectivity index (χ1v) is 20.0. The van der Waals surface area contributed by atoms with Crippen molar-refractivity contribution >= 4 is 11.4 Å². The lowest BCUT2D eigenvalue weighted by Gasteiger charge is -2.26. The largest absolute Gasteiger partial charge is 0.507 e. The van der Waals surface area contributed by atoms with Crippen LogP contribution in [0.1, 0.15) is 123 Å². The van der Waals surface area contributed by atoms with Crippen LogP contribution < -0.4 is 9.47 Å². The molecule has 2 N–H and O–H groups in total. The number of nitrogens with zero attached hydrogens (tertiary/aromatic N) is 8. The summed E-state index contributed by atoms with van der Waals surface area (Å²) in [5.74, 6) is 0.624. The molecule has 0 fully saturated rings. The van der Waals surface area contributed by atoms with Gasteiger partial charge in [-0.05, 0) is 81.0 Å². The molecule has 0 amide bonds. The van der Waals surface area contributed by atoms with E-state index < -0.39 is 20.7 Å². The minimum absolute atomic E-state index is 0.0273. The van der Waals surface area contributed by atoms with Gasteiger partial charge in [-0.2, -0.15) is 0 Å². The summed E-state index contributed by atoms with van der Waals surface area (Å²) in [5.41, 5.74) is 21.7. The number of aromatic hydroxyl groups is 2. The van der Waals surface area contributed by atoms with Crippen molar-refractivity contribution < 1.29 is 29.5 Å². The lowest BCUT2D eigenvalue weighted by molar-refractivity contribution is -0.385. The highest BCUT2D eigenvalue weighted by molar-refractivity contribution is 5.61. The third kappa shape index (κ3) is 11.0. The molecule has 0 spiro atoms. The smallest absolute Gasteiger partial charge is 0.270 e. The molecule has 1 aliphatic carbocycles. The lowest BCUT2D eigenvalue weighted by Crippen LogP contribution is -2.15. The molecule has 1 aliphatic rings. The number of nitro groups is 2. The third-order valence-electron chi connectivity index (χ3n) is 10.6. The Labute approximate surface area is 348 Å². The number of rotatable bonds is 14. The molecular formula is C44H52N8O8. The van der Waals surface area contributed by atoms with Crippen LogP contribution >= 0.6 is 0 Å². The number of non-ortho nitro benzene ring substituents is 2. The fourth-order valence-corrected chi connectivity index (χ4v) is 7.33. The van der Waals surface area contributed by atoms with Gasteiger partial charge in [0, 0.05) is 95.1 Å². The Kier molecular flexibility index (Phi) is 14.2. The Morgan fingerprint density at radius 3 is 1.12 bits per heavy atom. The van der Waals surface area contributed by atoms with E-state index in [4.69, 9.17) is 20.5 Å². The first kappa shape index (κ1) is 44.6. The summed E-state index contributed by atoms with van der Waals surface area (Å²) in [6, 6.07) is 13.3. The van der Waals surface area contributed by atoms with E-state index in [1.54, 1.807) is 0 Å². The Morgan fingerprint density at radius 1 is 0.567 bits per heavy atom. The van der Waals surface area contributed by atoms with E-state index in [9.17, 15) is 30.4 Å². The summed E-state index contributed by atoms with van der Waals surface area (Å²) in [4.78, 5) is 29.7. The normalized spacial score (nSPS) is 12.5. The number of phenolic OH excluding ortho intramolecular Hbond substituents is 2. The van der Waals surface area contributed by atoms with Crippen LogP contribution in [0.3, 0.4) is 0 Å². The van der Waals surface area contributed by atoms with Crippen molar-refractivity contribution in [2.24, 2.45) is 10.2 Å². The highest BCUT2D eigenvalue weighted by Crippen LogP contribution is 2.43. The van der Waals surface area contributed by atoms with Crippen LogP contribution in [0.15, 0.2) is 58.8 Å². The topological polar surface area (TPSA) is 243 Å². The van der Waals surface area contributed by atoms with Crippen molar-refractivity contribution in [3.63, 3.8) is 0 Å². The van der Waals surface area contributed by atoms with Gasteiger partial charge in [0.15, 0.2) is 0 Å². The molecule has 0 saturated carbocycles. The first-order chi connectivity index (χ1) is 28.4. The average Bonchev–Trinajstić information content (AvgIpc) is 3.17. The number of unbranched alkanes of at least 4 members (excludes halogenated alkanes) is 2. The zero-order valence-electron chi connectivity index (χ0n) is 35.0. The van der Waals surface area contributed by atoms with E-state index in [1.807, 2.05) is 65.8 Å². The van der Waals surface area contributed by atoms with Crippen molar-refractivity contribution in [2.75, 3.05) is 26.3 Å². The van der Waals surface area contributed by atoms with Gasteiger partial charge in [0.2, 0.25) is 0 Å². The highest BCUT2D eigenvalue weighted by Gasteiger charge is 2.28. The fourth-order valence-electron chi connectivity index (χ4n) is 7.33. The molecule has 0 heterocycles. The van der Waals surface area contributed by atoms with Gasteiger partial charge >= 0.3 is 0 Å². The quantitative estimate of drug-likeness (QED) is 0.0272. The van der Waals surface area contributed by atoms with E-state index in [2.05, 4.69) is 20.1 Å². The lowest BCUT2D eigenvalue weighted by atomic mass is 9.81. The van der Waals surface area contributed by atoms with Gasteiger partial charge in [-0.15, -0.1) is 0 Å². The molecular weight excluding hydrogens is 769 g/mol. The molecule has 8 bridgehead atoms. The molecule has 60 heavy (non-hydrogen) atoms. The summed E-state index contributed by atoms with van der Waals surface area (Å²) >= 11 is 0. The second-order valence-electron chi connectivity index (χ2n) is 17.2. The van der Waals surface area contributed by atoms with Gasteiger partial charge in [-0.3, -0.25) is 20.2 Å². The molecule has 0 saturated heterocycles. The molecule has 0 aromatic heterocycles. The molecule has 16 nitrogen and oxygen atoms in total. The molecule has 5 rings (SSSR count). The van der Waals surface area contributed by atoms with E-state index in [0.29, 0.717) is 81.7 Å². The number of benzene rings is 4. The number of phenols is 2. The second-order valence-corrected chi connectivity index (χ2v) is 17.2. The molecule has 0 aliphatic heterocycles. The SMILES string of the molecule is CC(C)(C)c1cc2c(OCCCCN=[N+]=[N-])c(c1)Cc1cc([N+](=O)[O-])cc(c1O)Cc1cc(C(C)(C)C)cc(c1OCCCCN=[N+]=[N-])Cc1cc([N+](=O)[O-])cc(c1O)C2. The van der Waals surface area contributed by atoms with E-state index in [1.165, 1.54) is 24.3 Å². The molecule has 16 heteroatoms. The summed E-state index contributed by atoms with van der Waals surface area (Å²) < 4.78 is 13.0. The van der Waals surface area contributed by atoms with Crippen LogP contribution in [0, 0.1) is 20.2 Å². The van der Waals surface area contributed by atoms with Gasteiger partial charge in [-0.25, -0.2) is 0 Å². The number of hydrogen-bond donors (Lipinski definition) is 2. The Morgan fingerprint density at radius 2 is 0.867 bits per heavy atom. The maximum absolute atomic E-state index is 12.5. The number of fused-ring (bicyclic) bond motifs is 8.